The number of carbonyl (C=O) groups excluding carboxylic acids is 2. The molecule has 11 heteroatoms. The number of benzene rings is 3. The smallest absolute Gasteiger partial charge is 0.405 e. The Balaban J connectivity index is 1.79. The fourth-order valence-corrected chi connectivity index (χ4v) is 5.05. The van der Waals surface area contributed by atoms with E-state index in [0.29, 0.717) is 17.2 Å². The molecule has 0 aromatic heterocycles. The lowest BCUT2D eigenvalue weighted by Crippen LogP contribution is -2.60. The van der Waals surface area contributed by atoms with Crippen molar-refractivity contribution in [2.75, 3.05) is 12.0 Å². The lowest BCUT2D eigenvalue weighted by molar-refractivity contribution is -0.131. The third-order valence-corrected chi connectivity index (χ3v) is 7.14. The molecule has 0 bridgehead atoms. The summed E-state index contributed by atoms with van der Waals surface area (Å²) >= 11 is 3.50. The SMILES string of the molecule is COc1ccc2cc(Br)ccc2c1CN1C(=O)[C@@H](NC(=O)[C@@H](NC(=O)O)[C@H](C)O)[C@H](C)Oc2cc(C)ccc21. The molecule has 0 spiro atoms. The first-order valence-corrected chi connectivity index (χ1v) is 13.1. The summed E-state index contributed by atoms with van der Waals surface area (Å²) < 4.78 is 12.7. The number of carboxylic acid groups (broad SMARTS) is 1. The van der Waals surface area contributed by atoms with Gasteiger partial charge < -0.3 is 35.2 Å². The summed E-state index contributed by atoms with van der Waals surface area (Å²) in [4.78, 5) is 39.9. The normalized spacial score (nSPS) is 18.4. The third-order valence-electron chi connectivity index (χ3n) is 6.65. The zero-order chi connectivity index (χ0) is 28.4. The van der Waals surface area contributed by atoms with Crippen molar-refractivity contribution in [1.29, 1.82) is 0 Å². The molecule has 1 aliphatic heterocycles. The molecule has 206 valence electrons. The van der Waals surface area contributed by atoms with Gasteiger partial charge in [0, 0.05) is 10.0 Å². The van der Waals surface area contributed by atoms with Gasteiger partial charge in [0.1, 0.15) is 29.7 Å². The van der Waals surface area contributed by atoms with Crippen LogP contribution in [0.3, 0.4) is 0 Å². The Morgan fingerprint density at radius 3 is 2.59 bits per heavy atom. The summed E-state index contributed by atoms with van der Waals surface area (Å²) in [6.07, 6.45) is -3.63. The van der Waals surface area contributed by atoms with E-state index in [9.17, 15) is 19.5 Å². The van der Waals surface area contributed by atoms with Crippen LogP contribution in [0.1, 0.15) is 25.0 Å². The molecule has 4 atom stereocenters. The Hall–Kier alpha value is -3.83. The van der Waals surface area contributed by atoms with Crippen LogP contribution in [0.25, 0.3) is 10.8 Å². The number of nitrogens with one attached hydrogen (secondary N) is 2. The van der Waals surface area contributed by atoms with Crippen LogP contribution in [-0.2, 0) is 16.1 Å². The number of aliphatic hydroxyl groups excluding tert-OH is 1. The van der Waals surface area contributed by atoms with Crippen LogP contribution in [0, 0.1) is 6.92 Å². The van der Waals surface area contributed by atoms with Crippen molar-refractivity contribution in [3.8, 4) is 11.5 Å². The molecule has 4 N–H and O–H groups in total. The van der Waals surface area contributed by atoms with Gasteiger partial charge in [0.15, 0.2) is 0 Å². The number of anilines is 1. The molecule has 0 fully saturated rings. The number of fused-ring (bicyclic) bond motifs is 2. The second-order valence-electron chi connectivity index (χ2n) is 9.48. The van der Waals surface area contributed by atoms with E-state index in [2.05, 4.69) is 21.2 Å². The number of hydrogen-bond acceptors (Lipinski definition) is 6. The van der Waals surface area contributed by atoms with E-state index in [0.717, 1.165) is 26.4 Å². The molecular formula is C28H30BrN3O7. The van der Waals surface area contributed by atoms with Gasteiger partial charge in [-0.1, -0.05) is 34.1 Å². The van der Waals surface area contributed by atoms with Gasteiger partial charge in [0.2, 0.25) is 5.91 Å². The van der Waals surface area contributed by atoms with Gasteiger partial charge in [-0.15, -0.1) is 0 Å². The molecule has 39 heavy (non-hydrogen) atoms. The van der Waals surface area contributed by atoms with Crippen molar-refractivity contribution in [3.05, 3.63) is 64.1 Å². The molecule has 3 amide bonds. The summed E-state index contributed by atoms with van der Waals surface area (Å²) in [5.41, 5.74) is 2.20. The number of ether oxygens (including phenoxy) is 2. The molecule has 0 aliphatic carbocycles. The third kappa shape index (κ3) is 5.94. The van der Waals surface area contributed by atoms with Gasteiger partial charge in [0.25, 0.3) is 5.91 Å². The molecule has 0 saturated heterocycles. The predicted octanol–water partition coefficient (Wildman–Crippen LogP) is 3.74. The summed E-state index contributed by atoms with van der Waals surface area (Å²) in [6, 6.07) is 12.4. The van der Waals surface area contributed by atoms with Crippen molar-refractivity contribution in [2.24, 2.45) is 0 Å². The number of amides is 3. The maximum atomic E-state index is 14.1. The Bertz CT molecular complexity index is 1430. The largest absolute Gasteiger partial charge is 0.496 e. The number of aryl methyl sites for hydroxylation is 1. The Kier molecular flexibility index (Phi) is 8.31. The van der Waals surface area contributed by atoms with E-state index in [1.165, 1.54) is 11.8 Å². The van der Waals surface area contributed by atoms with Crippen LogP contribution >= 0.6 is 15.9 Å². The van der Waals surface area contributed by atoms with Gasteiger partial charge in [-0.3, -0.25) is 9.59 Å². The monoisotopic (exact) mass is 599 g/mol. The number of methoxy groups -OCH3 is 1. The van der Waals surface area contributed by atoms with Crippen LogP contribution in [0.2, 0.25) is 0 Å². The minimum atomic E-state index is -1.49. The molecule has 1 heterocycles. The van der Waals surface area contributed by atoms with E-state index >= 15 is 0 Å². The molecular weight excluding hydrogens is 570 g/mol. The first kappa shape index (κ1) is 28.2. The Morgan fingerprint density at radius 2 is 1.92 bits per heavy atom. The highest BCUT2D eigenvalue weighted by Gasteiger charge is 2.39. The van der Waals surface area contributed by atoms with Crippen LogP contribution in [0.5, 0.6) is 11.5 Å². The van der Waals surface area contributed by atoms with Crippen molar-refractivity contribution in [3.63, 3.8) is 0 Å². The van der Waals surface area contributed by atoms with Gasteiger partial charge in [-0.2, -0.15) is 0 Å². The summed E-state index contributed by atoms with van der Waals surface area (Å²) in [6.45, 7) is 4.94. The molecule has 1 aliphatic rings. The topological polar surface area (TPSA) is 137 Å². The van der Waals surface area contributed by atoms with Gasteiger partial charge in [0.05, 0.1) is 25.4 Å². The van der Waals surface area contributed by atoms with E-state index in [-0.39, 0.29) is 6.54 Å². The maximum absolute atomic E-state index is 14.1. The van der Waals surface area contributed by atoms with Crippen molar-refractivity contribution in [2.45, 2.75) is 51.6 Å². The van der Waals surface area contributed by atoms with Gasteiger partial charge in [-0.05, 0) is 67.4 Å². The average molecular weight is 600 g/mol. The molecule has 0 unspecified atom stereocenters. The number of carbonyl (C=O) groups is 3. The molecule has 0 radical (unpaired) electrons. The molecule has 0 saturated carbocycles. The summed E-state index contributed by atoms with van der Waals surface area (Å²) in [5.74, 6) is -0.264. The minimum Gasteiger partial charge on any atom is -0.496 e. The fourth-order valence-electron chi connectivity index (χ4n) is 4.68. The fraction of sp³-hybridized carbons (Fsp3) is 0.321. The number of aliphatic hydroxyl groups is 1. The zero-order valence-electron chi connectivity index (χ0n) is 21.9. The van der Waals surface area contributed by atoms with E-state index in [1.807, 2.05) is 54.7 Å². The lowest BCUT2D eigenvalue weighted by Gasteiger charge is -2.29. The first-order valence-electron chi connectivity index (χ1n) is 12.3. The van der Waals surface area contributed by atoms with Crippen LogP contribution in [-0.4, -0.2) is 59.5 Å². The zero-order valence-corrected chi connectivity index (χ0v) is 23.5. The first-order chi connectivity index (χ1) is 18.5. The minimum absolute atomic E-state index is 0.104. The highest BCUT2D eigenvalue weighted by atomic mass is 79.9. The molecule has 3 aromatic rings. The lowest BCUT2D eigenvalue weighted by atomic mass is 10.0. The average Bonchev–Trinajstić information content (AvgIpc) is 2.96. The van der Waals surface area contributed by atoms with Crippen molar-refractivity contribution >= 4 is 50.3 Å². The number of rotatable bonds is 7. The number of hydrogen-bond donors (Lipinski definition) is 4. The van der Waals surface area contributed by atoms with Crippen molar-refractivity contribution in [1.82, 2.24) is 10.6 Å². The maximum Gasteiger partial charge on any atom is 0.405 e. The van der Waals surface area contributed by atoms with E-state index < -0.39 is 42.2 Å². The predicted molar refractivity (Wildman–Crippen MR) is 149 cm³/mol. The van der Waals surface area contributed by atoms with Crippen molar-refractivity contribution < 1.29 is 34.1 Å². The van der Waals surface area contributed by atoms with Crippen LogP contribution < -0.4 is 25.0 Å². The summed E-state index contributed by atoms with van der Waals surface area (Å²) in [5, 5.41) is 25.6. The second kappa shape index (κ2) is 11.5. The van der Waals surface area contributed by atoms with Gasteiger partial charge >= 0.3 is 6.09 Å². The summed E-state index contributed by atoms with van der Waals surface area (Å²) in [7, 11) is 1.56. The Morgan fingerprint density at radius 1 is 1.18 bits per heavy atom. The van der Waals surface area contributed by atoms with E-state index in [4.69, 9.17) is 14.6 Å². The Labute approximate surface area is 234 Å². The molecule has 3 aromatic carbocycles. The highest BCUT2D eigenvalue weighted by molar-refractivity contribution is 9.10. The van der Waals surface area contributed by atoms with E-state index in [1.54, 1.807) is 20.1 Å². The number of halogens is 1. The quantitative estimate of drug-likeness (QED) is 0.324. The van der Waals surface area contributed by atoms with Crippen LogP contribution in [0.15, 0.2) is 53.0 Å². The number of nitrogens with zero attached hydrogens (tertiary/aromatic N) is 1. The standard InChI is InChI=1S/C28H30BrN3O7/c1-14-5-9-21-23(11-14)39-16(3)25(30-26(34)24(15(2)33)31-28(36)37)27(35)32(21)13-20-19-8-7-18(29)12-17(19)6-10-22(20)38-4/h5-12,15-16,24-25,31,33H,13H2,1-4H3,(H,30,34)(H,36,37)/t15-,16-,24-,25-/m0/s1. The highest BCUT2D eigenvalue weighted by Crippen LogP contribution is 2.38. The molecule has 4 rings (SSSR count). The van der Waals surface area contributed by atoms with Gasteiger partial charge in [-0.25, -0.2) is 4.79 Å². The second-order valence-corrected chi connectivity index (χ2v) is 10.4. The molecule has 10 nitrogen and oxygen atoms in total. The van der Waals surface area contributed by atoms with Crippen LogP contribution in [0.4, 0.5) is 10.5 Å².